The van der Waals surface area contributed by atoms with E-state index in [0.717, 1.165) is 12.1 Å². The maximum absolute atomic E-state index is 12.8. The summed E-state index contributed by atoms with van der Waals surface area (Å²) in [7, 11) is 1.57. The van der Waals surface area contributed by atoms with E-state index in [0.29, 0.717) is 24.3 Å². The van der Waals surface area contributed by atoms with E-state index in [2.05, 4.69) is 5.32 Å². The second kappa shape index (κ2) is 7.17. The van der Waals surface area contributed by atoms with Gasteiger partial charge in [-0.25, -0.2) is 0 Å². The number of carbonyl (C=O) groups is 2. The van der Waals surface area contributed by atoms with E-state index in [1.807, 2.05) is 30.3 Å². The Bertz CT molecular complexity index is 730. The summed E-state index contributed by atoms with van der Waals surface area (Å²) >= 11 is 0. The van der Waals surface area contributed by atoms with E-state index in [-0.39, 0.29) is 11.8 Å². The Kier molecular flexibility index (Phi) is 4.79. The molecule has 1 saturated heterocycles. The van der Waals surface area contributed by atoms with E-state index in [4.69, 9.17) is 4.74 Å². The average molecular weight is 324 g/mol. The second-order valence-corrected chi connectivity index (χ2v) is 5.74. The molecule has 0 aliphatic carbocycles. The highest BCUT2D eigenvalue weighted by Crippen LogP contribution is 2.23. The third-order valence-corrected chi connectivity index (χ3v) is 4.17. The number of methoxy groups -OCH3 is 1. The summed E-state index contributed by atoms with van der Waals surface area (Å²) in [6.45, 7) is 0.586. The normalized spacial score (nSPS) is 16.7. The molecule has 1 fully saturated rings. The van der Waals surface area contributed by atoms with Crippen molar-refractivity contribution < 1.29 is 14.3 Å². The molecule has 2 amide bonds. The van der Waals surface area contributed by atoms with Crippen LogP contribution in [0.15, 0.2) is 54.6 Å². The molecule has 3 rings (SSSR count). The minimum atomic E-state index is -0.441. The van der Waals surface area contributed by atoms with Crippen LogP contribution in [0.1, 0.15) is 23.2 Å². The van der Waals surface area contributed by atoms with Crippen LogP contribution in [-0.4, -0.2) is 36.4 Å². The molecule has 24 heavy (non-hydrogen) atoms. The Balaban J connectivity index is 1.74. The SMILES string of the molecule is COc1cccc(C(=O)N2CCCC2C(=O)Nc2ccccc2)c1. The van der Waals surface area contributed by atoms with Gasteiger partial charge in [-0.1, -0.05) is 24.3 Å². The van der Waals surface area contributed by atoms with Gasteiger partial charge in [-0.05, 0) is 43.2 Å². The Labute approximate surface area is 141 Å². The van der Waals surface area contributed by atoms with Gasteiger partial charge in [-0.2, -0.15) is 0 Å². The number of rotatable bonds is 4. The smallest absolute Gasteiger partial charge is 0.254 e. The molecule has 0 spiro atoms. The van der Waals surface area contributed by atoms with Gasteiger partial charge in [0.1, 0.15) is 11.8 Å². The number of carbonyl (C=O) groups excluding carboxylic acids is 2. The zero-order valence-electron chi connectivity index (χ0n) is 13.6. The number of para-hydroxylation sites is 1. The van der Waals surface area contributed by atoms with Crippen molar-refractivity contribution >= 4 is 17.5 Å². The third-order valence-electron chi connectivity index (χ3n) is 4.17. The molecule has 5 nitrogen and oxygen atoms in total. The summed E-state index contributed by atoms with van der Waals surface area (Å²) in [6, 6.07) is 15.9. The molecule has 1 N–H and O–H groups in total. The highest BCUT2D eigenvalue weighted by atomic mass is 16.5. The molecule has 0 bridgehead atoms. The number of hydrogen-bond acceptors (Lipinski definition) is 3. The average Bonchev–Trinajstić information content (AvgIpc) is 3.12. The van der Waals surface area contributed by atoms with Crippen LogP contribution < -0.4 is 10.1 Å². The van der Waals surface area contributed by atoms with Crippen LogP contribution in [0.4, 0.5) is 5.69 Å². The standard InChI is InChI=1S/C19H20N2O3/c1-24-16-10-5-7-14(13-16)19(23)21-12-6-11-17(21)18(22)20-15-8-3-2-4-9-15/h2-5,7-10,13,17H,6,11-12H2,1H3,(H,20,22). The summed E-state index contributed by atoms with van der Waals surface area (Å²) in [6.07, 6.45) is 1.50. The molecule has 0 aromatic heterocycles. The van der Waals surface area contributed by atoms with Gasteiger partial charge in [0.15, 0.2) is 0 Å². The molecule has 5 heteroatoms. The molecule has 1 heterocycles. The fourth-order valence-corrected chi connectivity index (χ4v) is 2.95. The van der Waals surface area contributed by atoms with Crippen molar-refractivity contribution in [1.82, 2.24) is 4.90 Å². The van der Waals surface area contributed by atoms with Gasteiger partial charge in [0.2, 0.25) is 5.91 Å². The summed E-state index contributed by atoms with van der Waals surface area (Å²) in [4.78, 5) is 27.0. The quantitative estimate of drug-likeness (QED) is 0.941. The van der Waals surface area contributed by atoms with Crippen LogP contribution >= 0.6 is 0 Å². The van der Waals surface area contributed by atoms with Crippen LogP contribution in [0.5, 0.6) is 5.75 Å². The number of ether oxygens (including phenoxy) is 1. The third kappa shape index (κ3) is 3.40. The van der Waals surface area contributed by atoms with Crippen molar-refractivity contribution in [3.8, 4) is 5.75 Å². The molecule has 2 aromatic carbocycles. The van der Waals surface area contributed by atoms with Gasteiger partial charge < -0.3 is 15.0 Å². The lowest BCUT2D eigenvalue weighted by Crippen LogP contribution is -2.43. The Morgan fingerprint density at radius 1 is 1.12 bits per heavy atom. The van der Waals surface area contributed by atoms with E-state index in [1.54, 1.807) is 36.3 Å². The van der Waals surface area contributed by atoms with E-state index >= 15 is 0 Å². The van der Waals surface area contributed by atoms with Gasteiger partial charge in [-0.3, -0.25) is 9.59 Å². The van der Waals surface area contributed by atoms with E-state index < -0.39 is 6.04 Å². The van der Waals surface area contributed by atoms with Gasteiger partial charge in [-0.15, -0.1) is 0 Å². The molecule has 1 unspecified atom stereocenters. The first-order valence-electron chi connectivity index (χ1n) is 8.00. The molecule has 1 atom stereocenters. The first-order valence-corrected chi connectivity index (χ1v) is 8.00. The van der Waals surface area contributed by atoms with Crippen LogP contribution in [0.3, 0.4) is 0 Å². The highest BCUT2D eigenvalue weighted by Gasteiger charge is 2.34. The number of nitrogens with one attached hydrogen (secondary N) is 1. The molecular formula is C19H20N2O3. The fourth-order valence-electron chi connectivity index (χ4n) is 2.95. The lowest BCUT2D eigenvalue weighted by molar-refractivity contribution is -0.119. The molecule has 2 aromatic rings. The largest absolute Gasteiger partial charge is 0.497 e. The Hall–Kier alpha value is -2.82. The molecule has 1 aliphatic rings. The van der Waals surface area contributed by atoms with Gasteiger partial charge >= 0.3 is 0 Å². The second-order valence-electron chi connectivity index (χ2n) is 5.74. The summed E-state index contributed by atoms with van der Waals surface area (Å²) in [5, 5.41) is 2.89. The maximum Gasteiger partial charge on any atom is 0.254 e. The predicted octanol–water partition coefficient (Wildman–Crippen LogP) is 2.94. The van der Waals surface area contributed by atoms with Crippen LogP contribution in [-0.2, 0) is 4.79 Å². The van der Waals surface area contributed by atoms with Crippen molar-refractivity contribution in [2.24, 2.45) is 0 Å². The number of benzene rings is 2. The first kappa shape index (κ1) is 16.1. The Morgan fingerprint density at radius 3 is 2.67 bits per heavy atom. The first-order chi connectivity index (χ1) is 11.7. The van der Waals surface area contributed by atoms with Crippen molar-refractivity contribution in [1.29, 1.82) is 0 Å². The maximum atomic E-state index is 12.8. The zero-order chi connectivity index (χ0) is 16.9. The summed E-state index contributed by atoms with van der Waals surface area (Å²) in [5.74, 6) is 0.347. The molecule has 1 aliphatic heterocycles. The van der Waals surface area contributed by atoms with Crippen LogP contribution in [0.25, 0.3) is 0 Å². The minimum absolute atomic E-state index is 0.139. The van der Waals surface area contributed by atoms with Gasteiger partial charge in [0, 0.05) is 17.8 Å². The lowest BCUT2D eigenvalue weighted by atomic mass is 10.1. The Morgan fingerprint density at radius 2 is 1.92 bits per heavy atom. The number of hydrogen-bond donors (Lipinski definition) is 1. The van der Waals surface area contributed by atoms with Gasteiger partial charge in [0.05, 0.1) is 7.11 Å². The van der Waals surface area contributed by atoms with Crippen LogP contribution in [0.2, 0.25) is 0 Å². The topological polar surface area (TPSA) is 58.6 Å². The fraction of sp³-hybridized carbons (Fsp3) is 0.263. The summed E-state index contributed by atoms with van der Waals surface area (Å²) < 4.78 is 5.17. The van der Waals surface area contributed by atoms with Gasteiger partial charge in [0.25, 0.3) is 5.91 Å². The lowest BCUT2D eigenvalue weighted by Gasteiger charge is -2.24. The minimum Gasteiger partial charge on any atom is -0.497 e. The number of anilines is 1. The number of nitrogens with zero attached hydrogens (tertiary/aromatic N) is 1. The van der Waals surface area contributed by atoms with Crippen molar-refractivity contribution in [2.75, 3.05) is 19.0 Å². The van der Waals surface area contributed by atoms with Crippen molar-refractivity contribution in [2.45, 2.75) is 18.9 Å². The summed E-state index contributed by atoms with van der Waals surface area (Å²) in [5.41, 5.74) is 1.27. The molecule has 0 radical (unpaired) electrons. The monoisotopic (exact) mass is 324 g/mol. The predicted molar refractivity (Wildman–Crippen MR) is 92.1 cm³/mol. The molecule has 0 saturated carbocycles. The molecular weight excluding hydrogens is 304 g/mol. The zero-order valence-corrected chi connectivity index (χ0v) is 13.6. The van der Waals surface area contributed by atoms with Crippen LogP contribution in [0, 0.1) is 0 Å². The van der Waals surface area contributed by atoms with Crippen molar-refractivity contribution in [3.05, 3.63) is 60.2 Å². The molecule has 124 valence electrons. The highest BCUT2D eigenvalue weighted by molar-refractivity contribution is 6.01. The number of likely N-dealkylation sites (tertiary alicyclic amines) is 1. The van der Waals surface area contributed by atoms with E-state index in [9.17, 15) is 9.59 Å². The number of amides is 2. The van der Waals surface area contributed by atoms with E-state index in [1.165, 1.54) is 0 Å². The van der Waals surface area contributed by atoms with Crippen molar-refractivity contribution in [3.63, 3.8) is 0 Å².